The van der Waals surface area contributed by atoms with Crippen LogP contribution in [0.5, 0.6) is 0 Å². The summed E-state index contributed by atoms with van der Waals surface area (Å²) >= 11 is 0. The van der Waals surface area contributed by atoms with Crippen LogP contribution in [0, 0.1) is 11.8 Å². The van der Waals surface area contributed by atoms with Crippen molar-refractivity contribution in [2.24, 2.45) is 11.8 Å². The van der Waals surface area contributed by atoms with Crippen LogP contribution in [0.3, 0.4) is 0 Å². The molecule has 4 rings (SSSR count). The summed E-state index contributed by atoms with van der Waals surface area (Å²) in [4.78, 5) is 52.7. The summed E-state index contributed by atoms with van der Waals surface area (Å²) < 4.78 is 67.6. The topological polar surface area (TPSA) is 148 Å². The molecule has 1 saturated heterocycles. The molecule has 1 unspecified atom stereocenters. The number of hydrogen-bond acceptors (Lipinski definition) is 10. The maximum absolute atomic E-state index is 16.8. The number of amides is 2. The Labute approximate surface area is 332 Å². The van der Waals surface area contributed by atoms with E-state index in [0.717, 1.165) is 11.1 Å². The fourth-order valence-electron chi connectivity index (χ4n) is 6.57. The van der Waals surface area contributed by atoms with Crippen molar-refractivity contribution >= 4 is 23.8 Å². The second-order valence-electron chi connectivity index (χ2n) is 14.3. The monoisotopic (exact) mass is 796 g/mol. The van der Waals surface area contributed by atoms with Crippen LogP contribution in [0.1, 0.15) is 63.6 Å². The highest BCUT2D eigenvalue weighted by Crippen LogP contribution is 2.41. The number of nitrogens with one attached hydrogen (secondary N) is 2. The van der Waals surface area contributed by atoms with Crippen molar-refractivity contribution in [2.45, 2.75) is 109 Å². The van der Waals surface area contributed by atoms with E-state index in [0.29, 0.717) is 12.0 Å². The number of ether oxygens (including phenoxy) is 6. The molecule has 1 aliphatic heterocycles. The quantitative estimate of drug-likeness (QED) is 0.0900. The average molecular weight is 797 g/mol. The number of rotatable bonds is 21. The van der Waals surface area contributed by atoms with Gasteiger partial charge in [0.15, 0.2) is 11.9 Å². The first kappa shape index (κ1) is 44.9. The van der Waals surface area contributed by atoms with E-state index < -0.39 is 84.9 Å². The largest absolute Gasteiger partial charge is 0.459 e. The lowest BCUT2D eigenvalue weighted by molar-refractivity contribution is -0.293. The summed E-state index contributed by atoms with van der Waals surface area (Å²) in [5.74, 6) is -7.49. The van der Waals surface area contributed by atoms with Crippen LogP contribution in [-0.4, -0.2) is 80.1 Å². The molecule has 0 saturated carbocycles. The van der Waals surface area contributed by atoms with Crippen molar-refractivity contribution in [1.82, 2.24) is 10.6 Å². The number of esters is 1. The number of hydrogen-bond donors (Lipinski definition) is 2. The number of benzene rings is 3. The molecule has 0 radical (unpaired) electrons. The van der Waals surface area contributed by atoms with Gasteiger partial charge in [0, 0.05) is 31.8 Å². The fraction of sp³-hybridized carbons (Fsp3) is 0.488. The third kappa shape index (κ3) is 13.7. The second kappa shape index (κ2) is 22.3. The number of halogens is 2. The molecule has 0 aliphatic carbocycles. The van der Waals surface area contributed by atoms with Gasteiger partial charge >= 0.3 is 12.1 Å². The fourth-order valence-corrected chi connectivity index (χ4v) is 6.57. The molecule has 1 heterocycles. The van der Waals surface area contributed by atoms with Crippen molar-refractivity contribution in [3.8, 4) is 0 Å². The summed E-state index contributed by atoms with van der Waals surface area (Å²) in [6.45, 7) is 6.09. The van der Waals surface area contributed by atoms with E-state index in [-0.39, 0.29) is 32.5 Å². The molecular weight excluding hydrogens is 742 g/mol. The molecule has 2 N–H and O–H groups in total. The predicted octanol–water partition coefficient (Wildman–Crippen LogP) is 6.54. The van der Waals surface area contributed by atoms with Gasteiger partial charge in [0.25, 0.3) is 5.92 Å². The molecule has 0 bridgehead atoms. The van der Waals surface area contributed by atoms with Crippen LogP contribution in [0.4, 0.5) is 13.6 Å². The first-order valence-electron chi connectivity index (χ1n) is 19.1. The Hall–Kier alpha value is -4.76. The molecule has 3 aromatic rings. The maximum atomic E-state index is 16.8. The van der Waals surface area contributed by atoms with E-state index >= 15 is 8.78 Å². The number of carbonyl (C=O) groups excluding carboxylic acids is 4. The molecule has 3 aromatic carbocycles. The minimum atomic E-state index is -3.80. The SMILES string of the molecule is CC[C@H]1O[C@H](C(F)(F)CC(NC(=O)OCc2ccccc2)C(=O)C[C@@H](C)C(=O)N[C@@H](C)C(=O)OCc2ccccc2)[C@H](OCOC)[C@@H](OCc2ccccc2)[C@H]1C. The highest BCUT2D eigenvalue weighted by Gasteiger charge is 2.56. The molecule has 57 heavy (non-hydrogen) atoms. The van der Waals surface area contributed by atoms with Gasteiger partial charge in [-0.25, -0.2) is 18.4 Å². The van der Waals surface area contributed by atoms with Gasteiger partial charge in [0.2, 0.25) is 5.91 Å². The maximum Gasteiger partial charge on any atom is 0.408 e. The van der Waals surface area contributed by atoms with Gasteiger partial charge in [-0.1, -0.05) is 112 Å². The Balaban J connectivity index is 1.51. The highest BCUT2D eigenvalue weighted by molar-refractivity contribution is 5.92. The summed E-state index contributed by atoms with van der Waals surface area (Å²) in [5, 5.41) is 4.84. The van der Waals surface area contributed by atoms with Gasteiger partial charge < -0.3 is 39.1 Å². The standard InChI is InChI=1S/C43H54F2N2O10/c1-6-36-29(3)37(53-24-31-16-10-7-11-17-31)38(56-27-52-5)39(57-36)43(44,45)23-34(47-42(51)55-26-33-20-14-9-15-21-33)35(48)22-28(2)40(49)46-30(4)41(50)54-25-32-18-12-8-13-19-32/h7-21,28-30,34,36-39H,6,22-27H2,1-5H3,(H,46,49)(H,47,51)/t28-,29+,30+,34?,36-,37+,38-,39+/m1/s1. The van der Waals surface area contributed by atoms with Crippen LogP contribution < -0.4 is 10.6 Å². The van der Waals surface area contributed by atoms with Crippen LogP contribution in [0.2, 0.25) is 0 Å². The zero-order valence-electron chi connectivity index (χ0n) is 33.1. The molecule has 310 valence electrons. The van der Waals surface area contributed by atoms with Crippen molar-refractivity contribution in [2.75, 3.05) is 13.9 Å². The van der Waals surface area contributed by atoms with Crippen molar-refractivity contribution < 1.29 is 56.4 Å². The van der Waals surface area contributed by atoms with Crippen molar-refractivity contribution in [3.05, 3.63) is 108 Å². The molecule has 1 fully saturated rings. The molecule has 12 nitrogen and oxygen atoms in total. The normalized spacial score (nSPS) is 21.1. The molecule has 1 aliphatic rings. The van der Waals surface area contributed by atoms with Gasteiger partial charge in [-0.15, -0.1) is 0 Å². The Kier molecular flexibility index (Phi) is 17.5. The van der Waals surface area contributed by atoms with Gasteiger partial charge in [-0.05, 0) is 30.0 Å². The Morgan fingerprint density at radius 2 is 1.32 bits per heavy atom. The van der Waals surface area contributed by atoms with Gasteiger partial charge in [0.05, 0.1) is 24.9 Å². The van der Waals surface area contributed by atoms with Gasteiger partial charge in [0.1, 0.15) is 32.2 Å². The van der Waals surface area contributed by atoms with Crippen LogP contribution in [-0.2, 0) is 62.6 Å². The lowest BCUT2D eigenvalue weighted by atomic mass is 9.83. The van der Waals surface area contributed by atoms with Gasteiger partial charge in [-0.3, -0.25) is 9.59 Å². The summed E-state index contributed by atoms with van der Waals surface area (Å²) in [6, 6.07) is 24.1. The first-order valence-corrected chi connectivity index (χ1v) is 19.1. The van der Waals surface area contributed by atoms with Crippen molar-refractivity contribution in [1.29, 1.82) is 0 Å². The number of Topliss-reactive ketones (excluding diaryl/α,β-unsaturated/α-hetero) is 1. The molecule has 0 spiro atoms. The highest BCUT2D eigenvalue weighted by atomic mass is 19.3. The third-order valence-electron chi connectivity index (χ3n) is 9.79. The zero-order valence-corrected chi connectivity index (χ0v) is 33.1. The lowest BCUT2D eigenvalue weighted by Crippen LogP contribution is -2.62. The average Bonchev–Trinajstić information content (AvgIpc) is 3.21. The van der Waals surface area contributed by atoms with Crippen LogP contribution in [0.15, 0.2) is 91.0 Å². The Bertz CT molecular complexity index is 1700. The minimum Gasteiger partial charge on any atom is -0.459 e. The zero-order chi connectivity index (χ0) is 41.4. The van der Waals surface area contributed by atoms with E-state index in [4.69, 9.17) is 28.4 Å². The molecule has 2 amide bonds. The second-order valence-corrected chi connectivity index (χ2v) is 14.3. The molecule has 14 heteroatoms. The molecular formula is C43H54F2N2O10. The van der Waals surface area contributed by atoms with E-state index in [1.165, 1.54) is 21.0 Å². The summed E-state index contributed by atoms with van der Waals surface area (Å²) in [6.07, 6.45) is -7.27. The number of carbonyl (C=O) groups is 4. The number of alkyl halides is 2. The smallest absolute Gasteiger partial charge is 0.408 e. The Morgan fingerprint density at radius 1 is 0.772 bits per heavy atom. The summed E-state index contributed by atoms with van der Waals surface area (Å²) in [5.41, 5.74) is 2.22. The molecule has 8 atom stereocenters. The number of ketones is 1. The van der Waals surface area contributed by atoms with E-state index in [2.05, 4.69) is 10.6 Å². The number of methoxy groups -OCH3 is 1. The first-order chi connectivity index (χ1) is 27.3. The predicted molar refractivity (Wildman–Crippen MR) is 206 cm³/mol. The third-order valence-corrected chi connectivity index (χ3v) is 9.79. The number of alkyl carbamates (subject to hydrolysis) is 1. The van der Waals surface area contributed by atoms with E-state index in [9.17, 15) is 19.2 Å². The van der Waals surface area contributed by atoms with E-state index in [1.54, 1.807) is 54.6 Å². The van der Waals surface area contributed by atoms with Crippen LogP contribution in [0.25, 0.3) is 0 Å². The van der Waals surface area contributed by atoms with Crippen molar-refractivity contribution in [3.63, 3.8) is 0 Å². The molecule has 0 aromatic heterocycles. The minimum absolute atomic E-state index is 0.00422. The van der Waals surface area contributed by atoms with Gasteiger partial charge in [-0.2, -0.15) is 0 Å². The van der Waals surface area contributed by atoms with Crippen LogP contribution >= 0.6 is 0 Å². The van der Waals surface area contributed by atoms with E-state index in [1.807, 2.05) is 50.2 Å². The Morgan fingerprint density at radius 3 is 1.86 bits per heavy atom. The summed E-state index contributed by atoms with van der Waals surface area (Å²) in [7, 11) is 1.36. The lowest BCUT2D eigenvalue weighted by Gasteiger charge is -2.47.